The van der Waals surface area contributed by atoms with Crippen LogP contribution in [-0.2, 0) is 16.0 Å². The summed E-state index contributed by atoms with van der Waals surface area (Å²) in [6.07, 6.45) is 0.0173. The van der Waals surface area contributed by atoms with E-state index in [1.54, 1.807) is 14.2 Å². The fourth-order valence-electron chi connectivity index (χ4n) is 1.56. The van der Waals surface area contributed by atoms with Gasteiger partial charge in [-0.1, -0.05) is 0 Å². The van der Waals surface area contributed by atoms with Gasteiger partial charge in [-0.05, 0) is 24.6 Å². The maximum Gasteiger partial charge on any atom is 0.126 e. The van der Waals surface area contributed by atoms with E-state index in [0.717, 1.165) is 17.1 Å². The number of aryl methyl sites for hydroxylation is 1. The van der Waals surface area contributed by atoms with Crippen molar-refractivity contribution in [1.29, 1.82) is 0 Å². The average Bonchev–Trinajstić information content (AvgIpc) is 2.33. The van der Waals surface area contributed by atoms with Gasteiger partial charge in [-0.3, -0.25) is 0 Å². The molecule has 0 saturated heterocycles. The Hall–Kier alpha value is -1.17. The Morgan fingerprint density at radius 3 is 2.76 bits per heavy atom. The van der Waals surface area contributed by atoms with E-state index in [1.165, 1.54) is 0 Å². The molecule has 0 fully saturated rings. The summed E-state index contributed by atoms with van der Waals surface area (Å²) in [5.74, 6) is 0.823. The number of ether oxygens (including phenoxy) is 2. The lowest BCUT2D eigenvalue weighted by atomic mass is 10.2. The van der Waals surface area contributed by atoms with Crippen molar-refractivity contribution in [1.82, 2.24) is 4.98 Å². The van der Waals surface area contributed by atoms with Crippen LogP contribution in [0, 0.1) is 6.92 Å². The molecule has 1 aromatic heterocycles. The maximum atomic E-state index is 5.62. The number of anilines is 1. The Bertz CT molecular complexity index is 345. The first-order chi connectivity index (χ1) is 8.19. The van der Waals surface area contributed by atoms with E-state index >= 15 is 0 Å². The lowest BCUT2D eigenvalue weighted by Crippen LogP contribution is -2.27. The van der Waals surface area contributed by atoms with Gasteiger partial charge in [0.15, 0.2) is 0 Å². The zero-order valence-corrected chi connectivity index (χ0v) is 10.7. The highest BCUT2D eigenvalue weighted by Crippen LogP contribution is 2.09. The van der Waals surface area contributed by atoms with Crippen molar-refractivity contribution in [3.8, 4) is 0 Å². The number of nitrogens with two attached hydrogens (primary N) is 1. The first-order valence-corrected chi connectivity index (χ1v) is 5.62. The molecule has 0 amide bonds. The second-order valence-electron chi connectivity index (χ2n) is 3.90. The van der Waals surface area contributed by atoms with Crippen molar-refractivity contribution in [2.45, 2.75) is 19.6 Å². The molecule has 1 aromatic rings. The van der Waals surface area contributed by atoms with E-state index in [4.69, 9.17) is 15.2 Å². The van der Waals surface area contributed by atoms with Crippen LogP contribution in [0.4, 0.5) is 5.82 Å². The van der Waals surface area contributed by atoms with E-state index in [-0.39, 0.29) is 6.10 Å². The van der Waals surface area contributed by atoms with Crippen molar-refractivity contribution in [2.75, 3.05) is 32.7 Å². The zero-order valence-electron chi connectivity index (χ0n) is 10.7. The smallest absolute Gasteiger partial charge is 0.126 e. The summed E-state index contributed by atoms with van der Waals surface area (Å²) < 4.78 is 10.3. The monoisotopic (exact) mass is 239 g/mol. The molecule has 96 valence electrons. The van der Waals surface area contributed by atoms with E-state index in [0.29, 0.717) is 19.7 Å². The molecular formula is C12H21N3O2. The molecule has 1 atom stereocenters. The van der Waals surface area contributed by atoms with Crippen LogP contribution in [0.2, 0.25) is 0 Å². The van der Waals surface area contributed by atoms with Crippen LogP contribution in [-0.4, -0.2) is 38.5 Å². The molecule has 5 nitrogen and oxygen atoms in total. The number of nitrogens with one attached hydrogen (secondary N) is 1. The number of aromatic nitrogens is 1. The SMILES string of the molecule is COCC(CNc1cc(CN)cc(C)n1)OC. The van der Waals surface area contributed by atoms with Crippen LogP contribution < -0.4 is 11.1 Å². The van der Waals surface area contributed by atoms with Gasteiger partial charge in [0, 0.05) is 33.0 Å². The summed E-state index contributed by atoms with van der Waals surface area (Å²) >= 11 is 0. The van der Waals surface area contributed by atoms with Crippen molar-refractivity contribution in [3.05, 3.63) is 23.4 Å². The van der Waals surface area contributed by atoms with Crippen LogP contribution >= 0.6 is 0 Å². The van der Waals surface area contributed by atoms with Crippen LogP contribution in [0.3, 0.4) is 0 Å². The van der Waals surface area contributed by atoms with E-state index in [9.17, 15) is 0 Å². The fraction of sp³-hybridized carbons (Fsp3) is 0.583. The highest BCUT2D eigenvalue weighted by molar-refractivity contribution is 5.39. The lowest BCUT2D eigenvalue weighted by Gasteiger charge is -2.16. The normalized spacial score (nSPS) is 12.5. The molecule has 1 unspecified atom stereocenters. The number of methoxy groups -OCH3 is 2. The third kappa shape index (κ3) is 4.68. The fourth-order valence-corrected chi connectivity index (χ4v) is 1.56. The first kappa shape index (κ1) is 13.9. The van der Waals surface area contributed by atoms with Crippen LogP contribution in [0.5, 0.6) is 0 Å². The van der Waals surface area contributed by atoms with E-state index in [1.807, 2.05) is 19.1 Å². The van der Waals surface area contributed by atoms with Crippen LogP contribution in [0.15, 0.2) is 12.1 Å². The summed E-state index contributed by atoms with van der Waals surface area (Å²) in [5, 5.41) is 3.22. The molecule has 17 heavy (non-hydrogen) atoms. The Morgan fingerprint density at radius 2 is 2.18 bits per heavy atom. The minimum absolute atomic E-state index is 0.0173. The van der Waals surface area contributed by atoms with Gasteiger partial charge in [0.1, 0.15) is 5.82 Å². The molecule has 0 aliphatic rings. The topological polar surface area (TPSA) is 69.4 Å². The number of hydrogen-bond acceptors (Lipinski definition) is 5. The van der Waals surface area contributed by atoms with Gasteiger partial charge in [0.05, 0.1) is 12.7 Å². The third-order valence-electron chi connectivity index (χ3n) is 2.45. The highest BCUT2D eigenvalue weighted by Gasteiger charge is 2.07. The van der Waals surface area contributed by atoms with E-state index in [2.05, 4.69) is 10.3 Å². The molecule has 0 bridgehead atoms. The third-order valence-corrected chi connectivity index (χ3v) is 2.45. The number of rotatable bonds is 7. The van der Waals surface area contributed by atoms with Gasteiger partial charge in [-0.25, -0.2) is 4.98 Å². The largest absolute Gasteiger partial charge is 0.382 e. The molecule has 0 saturated carbocycles. The molecular weight excluding hydrogens is 218 g/mol. The molecule has 5 heteroatoms. The van der Waals surface area contributed by atoms with E-state index < -0.39 is 0 Å². The number of nitrogens with zero attached hydrogens (tertiary/aromatic N) is 1. The van der Waals surface area contributed by atoms with Gasteiger partial charge >= 0.3 is 0 Å². The molecule has 0 aliphatic heterocycles. The Balaban J connectivity index is 2.58. The van der Waals surface area contributed by atoms with Gasteiger partial charge in [0.2, 0.25) is 0 Å². The van der Waals surface area contributed by atoms with Crippen molar-refractivity contribution in [3.63, 3.8) is 0 Å². The summed E-state index contributed by atoms with van der Waals surface area (Å²) in [6, 6.07) is 3.93. The number of hydrogen-bond donors (Lipinski definition) is 2. The van der Waals surface area contributed by atoms with Crippen molar-refractivity contribution >= 4 is 5.82 Å². The molecule has 0 spiro atoms. The minimum atomic E-state index is 0.0173. The molecule has 1 heterocycles. The zero-order chi connectivity index (χ0) is 12.7. The predicted molar refractivity (Wildman–Crippen MR) is 68.0 cm³/mol. The molecule has 3 N–H and O–H groups in total. The molecule has 0 aromatic carbocycles. The Kier molecular flexibility index (Phi) is 5.90. The molecule has 1 rings (SSSR count). The van der Waals surface area contributed by atoms with Gasteiger partial charge in [0.25, 0.3) is 0 Å². The quantitative estimate of drug-likeness (QED) is 0.740. The summed E-state index contributed by atoms with van der Waals surface area (Å²) in [4.78, 5) is 4.39. The second kappa shape index (κ2) is 7.21. The Labute approximate surface area is 102 Å². The summed E-state index contributed by atoms with van der Waals surface area (Å²) in [6.45, 7) is 3.68. The molecule has 0 aliphatic carbocycles. The standard InChI is InChI=1S/C12H21N3O2/c1-9-4-10(6-13)5-12(15-9)14-7-11(17-3)8-16-2/h4-5,11H,6-8,13H2,1-3H3,(H,14,15). The van der Waals surface area contributed by atoms with Crippen molar-refractivity contribution < 1.29 is 9.47 Å². The maximum absolute atomic E-state index is 5.62. The lowest BCUT2D eigenvalue weighted by molar-refractivity contribution is 0.0365. The second-order valence-corrected chi connectivity index (χ2v) is 3.90. The van der Waals surface area contributed by atoms with Crippen molar-refractivity contribution in [2.24, 2.45) is 5.73 Å². The minimum Gasteiger partial charge on any atom is -0.382 e. The first-order valence-electron chi connectivity index (χ1n) is 5.62. The van der Waals surface area contributed by atoms with Crippen LogP contribution in [0.1, 0.15) is 11.3 Å². The molecule has 0 radical (unpaired) electrons. The van der Waals surface area contributed by atoms with Crippen LogP contribution in [0.25, 0.3) is 0 Å². The predicted octanol–water partition coefficient (Wildman–Crippen LogP) is 0.922. The Morgan fingerprint density at radius 1 is 1.41 bits per heavy atom. The van der Waals surface area contributed by atoms with Gasteiger partial charge < -0.3 is 20.5 Å². The van der Waals surface area contributed by atoms with Gasteiger partial charge in [-0.15, -0.1) is 0 Å². The number of pyridine rings is 1. The average molecular weight is 239 g/mol. The van der Waals surface area contributed by atoms with Gasteiger partial charge in [-0.2, -0.15) is 0 Å². The highest BCUT2D eigenvalue weighted by atomic mass is 16.5. The summed E-state index contributed by atoms with van der Waals surface area (Å²) in [7, 11) is 3.32. The summed E-state index contributed by atoms with van der Waals surface area (Å²) in [5.41, 5.74) is 7.64.